The molecule has 0 aromatic carbocycles. The van der Waals surface area contributed by atoms with Crippen molar-refractivity contribution in [1.82, 2.24) is 10.2 Å². The predicted molar refractivity (Wildman–Crippen MR) is 98.4 cm³/mol. The summed E-state index contributed by atoms with van der Waals surface area (Å²) in [5, 5.41) is 2.50. The van der Waals surface area contributed by atoms with Crippen LogP contribution in [0, 0.1) is 0 Å². The minimum atomic E-state index is -1.80. The first-order valence-electron chi connectivity index (χ1n) is 8.94. The van der Waals surface area contributed by atoms with Crippen molar-refractivity contribution in [3.63, 3.8) is 0 Å². The number of hydrogen-bond acceptors (Lipinski definition) is 5. The molecule has 0 radical (unpaired) electrons. The smallest absolute Gasteiger partial charge is 0.408 e. The van der Waals surface area contributed by atoms with E-state index in [1.165, 1.54) is 11.8 Å². The lowest BCUT2D eigenvalue weighted by Gasteiger charge is -2.33. The lowest BCUT2D eigenvalue weighted by molar-refractivity contribution is -0.140. The SMILES string of the molecule is C[C@H](NC(=O)OC(C)(C)C)C(=O)C1(N)C(=O)N(C)CCC2=C1C=CCC2. The van der Waals surface area contributed by atoms with Gasteiger partial charge in [-0.05, 0) is 52.5 Å². The topological polar surface area (TPSA) is 102 Å². The molecule has 2 aliphatic rings. The molecule has 2 amide bonds. The van der Waals surface area contributed by atoms with E-state index in [0.29, 0.717) is 18.5 Å². The van der Waals surface area contributed by atoms with E-state index in [0.717, 1.165) is 18.4 Å². The second kappa shape index (κ2) is 7.23. The predicted octanol–water partition coefficient (Wildman–Crippen LogP) is 1.67. The number of rotatable bonds is 3. The summed E-state index contributed by atoms with van der Waals surface area (Å²) in [5.74, 6) is -0.988. The summed E-state index contributed by atoms with van der Waals surface area (Å²) in [6, 6.07) is -0.964. The average Bonchev–Trinajstić information content (AvgIpc) is 2.64. The summed E-state index contributed by atoms with van der Waals surface area (Å²) in [6.45, 7) is 7.24. The molecular weight excluding hydrogens is 334 g/mol. The molecule has 2 atom stereocenters. The second-order valence-electron chi connectivity index (χ2n) is 7.98. The van der Waals surface area contributed by atoms with Crippen molar-refractivity contribution in [2.24, 2.45) is 5.73 Å². The van der Waals surface area contributed by atoms with Crippen LogP contribution in [0.15, 0.2) is 23.3 Å². The van der Waals surface area contributed by atoms with Crippen LogP contribution in [0.1, 0.15) is 47.0 Å². The molecule has 7 nitrogen and oxygen atoms in total. The van der Waals surface area contributed by atoms with Gasteiger partial charge in [-0.1, -0.05) is 17.7 Å². The molecule has 3 N–H and O–H groups in total. The zero-order valence-corrected chi connectivity index (χ0v) is 16.2. The number of carbonyl (C=O) groups excluding carboxylic acids is 3. The lowest BCUT2D eigenvalue weighted by atomic mass is 9.77. The normalized spacial score (nSPS) is 24.7. The third-order valence-electron chi connectivity index (χ3n) is 4.65. The summed E-state index contributed by atoms with van der Waals surface area (Å²) >= 11 is 0. The van der Waals surface area contributed by atoms with Crippen LogP contribution in [-0.2, 0) is 14.3 Å². The van der Waals surface area contributed by atoms with Crippen LogP contribution < -0.4 is 11.1 Å². The number of carbonyl (C=O) groups is 3. The van der Waals surface area contributed by atoms with Crippen LogP contribution in [0.2, 0.25) is 0 Å². The highest BCUT2D eigenvalue weighted by Crippen LogP contribution is 2.34. The molecule has 26 heavy (non-hydrogen) atoms. The van der Waals surface area contributed by atoms with Gasteiger partial charge in [-0.15, -0.1) is 0 Å². The number of alkyl carbamates (subject to hydrolysis) is 1. The minimum Gasteiger partial charge on any atom is -0.444 e. The van der Waals surface area contributed by atoms with Crippen LogP contribution in [-0.4, -0.2) is 53.5 Å². The van der Waals surface area contributed by atoms with Crippen LogP contribution in [0.3, 0.4) is 0 Å². The molecule has 0 aromatic heterocycles. The Balaban J connectivity index is 2.31. The molecule has 1 aliphatic carbocycles. The number of nitrogens with two attached hydrogens (primary N) is 1. The lowest BCUT2D eigenvalue weighted by Crippen LogP contribution is -2.64. The highest BCUT2D eigenvalue weighted by Gasteiger charge is 2.50. The average molecular weight is 363 g/mol. The van der Waals surface area contributed by atoms with Crippen molar-refractivity contribution in [1.29, 1.82) is 0 Å². The maximum absolute atomic E-state index is 13.2. The number of nitrogens with zero attached hydrogens (tertiary/aromatic N) is 1. The van der Waals surface area contributed by atoms with E-state index in [4.69, 9.17) is 10.5 Å². The van der Waals surface area contributed by atoms with Crippen molar-refractivity contribution in [2.75, 3.05) is 13.6 Å². The van der Waals surface area contributed by atoms with Gasteiger partial charge in [0.1, 0.15) is 5.60 Å². The van der Waals surface area contributed by atoms with E-state index >= 15 is 0 Å². The van der Waals surface area contributed by atoms with Gasteiger partial charge < -0.3 is 20.7 Å². The van der Waals surface area contributed by atoms with Gasteiger partial charge in [0.15, 0.2) is 11.3 Å². The molecule has 1 aliphatic heterocycles. The Kier molecular flexibility index (Phi) is 5.61. The Hall–Kier alpha value is -2.15. The molecule has 1 heterocycles. The van der Waals surface area contributed by atoms with Crippen molar-refractivity contribution in [3.05, 3.63) is 23.3 Å². The first-order valence-corrected chi connectivity index (χ1v) is 8.94. The fourth-order valence-corrected chi connectivity index (χ4v) is 3.33. The number of amides is 2. The van der Waals surface area contributed by atoms with E-state index in [1.54, 1.807) is 33.9 Å². The monoisotopic (exact) mass is 363 g/mol. The molecule has 0 spiro atoms. The van der Waals surface area contributed by atoms with Crippen molar-refractivity contribution in [2.45, 2.75) is 64.1 Å². The van der Waals surface area contributed by atoms with Gasteiger partial charge >= 0.3 is 6.09 Å². The highest BCUT2D eigenvalue weighted by molar-refractivity contribution is 6.16. The molecule has 144 valence electrons. The second-order valence-corrected chi connectivity index (χ2v) is 7.98. The molecule has 7 heteroatoms. The molecule has 0 saturated heterocycles. The molecule has 0 fully saturated rings. The van der Waals surface area contributed by atoms with Crippen molar-refractivity contribution >= 4 is 17.8 Å². The van der Waals surface area contributed by atoms with Gasteiger partial charge in [-0.3, -0.25) is 9.59 Å². The number of ketones is 1. The fraction of sp³-hybridized carbons (Fsp3) is 0.632. The summed E-state index contributed by atoms with van der Waals surface area (Å²) in [5.41, 5.74) is 5.57. The molecule has 0 saturated carbocycles. The van der Waals surface area contributed by atoms with Gasteiger partial charge in [0.05, 0.1) is 6.04 Å². The first-order chi connectivity index (χ1) is 12.0. The fourth-order valence-electron chi connectivity index (χ4n) is 3.33. The largest absolute Gasteiger partial charge is 0.444 e. The Morgan fingerprint density at radius 2 is 2.00 bits per heavy atom. The van der Waals surface area contributed by atoms with E-state index in [9.17, 15) is 14.4 Å². The van der Waals surface area contributed by atoms with Crippen LogP contribution in [0.4, 0.5) is 4.79 Å². The summed E-state index contributed by atoms with van der Waals surface area (Å²) in [7, 11) is 1.64. The number of nitrogens with one attached hydrogen (secondary N) is 1. The summed E-state index contributed by atoms with van der Waals surface area (Å²) < 4.78 is 5.19. The first kappa shape index (κ1) is 20.2. The van der Waals surface area contributed by atoms with E-state index in [2.05, 4.69) is 5.32 Å². The molecule has 0 aromatic rings. The zero-order chi connectivity index (χ0) is 19.7. The van der Waals surface area contributed by atoms with Gasteiger partial charge in [0.25, 0.3) is 5.91 Å². The quantitative estimate of drug-likeness (QED) is 0.743. The Morgan fingerprint density at radius 3 is 2.62 bits per heavy atom. The molecule has 0 bridgehead atoms. The number of ether oxygens (including phenoxy) is 1. The Morgan fingerprint density at radius 1 is 1.35 bits per heavy atom. The van der Waals surface area contributed by atoms with Crippen molar-refractivity contribution < 1.29 is 19.1 Å². The van der Waals surface area contributed by atoms with Gasteiger partial charge in [0.2, 0.25) is 0 Å². The van der Waals surface area contributed by atoms with E-state index in [-0.39, 0.29) is 0 Å². The van der Waals surface area contributed by atoms with Gasteiger partial charge in [-0.25, -0.2) is 4.79 Å². The summed E-state index contributed by atoms with van der Waals surface area (Å²) in [6.07, 6.45) is 5.35. The Labute approximate surface area is 154 Å². The third kappa shape index (κ3) is 3.98. The van der Waals surface area contributed by atoms with Crippen molar-refractivity contribution in [3.8, 4) is 0 Å². The number of hydrogen-bond donors (Lipinski definition) is 2. The molecule has 2 rings (SSSR count). The van der Waals surface area contributed by atoms with Gasteiger partial charge in [0, 0.05) is 13.6 Å². The number of allylic oxidation sites excluding steroid dienone is 1. The number of Topliss-reactive ketones (excluding diaryl/α,β-unsaturated/α-hetero) is 1. The maximum Gasteiger partial charge on any atom is 0.408 e. The number of likely N-dealkylation sites (N-methyl/N-ethyl adjacent to an activating group) is 1. The highest BCUT2D eigenvalue weighted by atomic mass is 16.6. The minimum absolute atomic E-state index is 0.447. The summed E-state index contributed by atoms with van der Waals surface area (Å²) in [4.78, 5) is 39.6. The van der Waals surface area contributed by atoms with Gasteiger partial charge in [-0.2, -0.15) is 0 Å². The van der Waals surface area contributed by atoms with E-state index in [1.807, 2.05) is 6.08 Å². The van der Waals surface area contributed by atoms with Crippen LogP contribution in [0.25, 0.3) is 0 Å². The standard InChI is InChI=1S/C19H29N3O4/c1-12(21-17(25)26-18(2,3)4)15(23)19(20)14-9-7-6-8-13(14)10-11-22(5)16(19)24/h7,9,12H,6,8,10-11,20H2,1-5H3,(H,21,25)/t12-,19?/m0/s1. The molecular formula is C19H29N3O4. The van der Waals surface area contributed by atoms with E-state index < -0.39 is 35.0 Å². The Bertz CT molecular complexity index is 675. The molecule has 1 unspecified atom stereocenters. The van der Waals surface area contributed by atoms with Crippen LogP contribution in [0.5, 0.6) is 0 Å². The van der Waals surface area contributed by atoms with Crippen LogP contribution >= 0.6 is 0 Å². The maximum atomic E-state index is 13.2. The zero-order valence-electron chi connectivity index (χ0n) is 16.2. The third-order valence-corrected chi connectivity index (χ3v) is 4.65.